The Morgan fingerprint density at radius 3 is 1.80 bits per heavy atom. The van der Waals surface area contributed by atoms with Crippen LogP contribution >= 0.6 is 0 Å². The number of hydrogen-bond donors (Lipinski definition) is 0. The topological polar surface area (TPSA) is 0 Å². The Balaban J connectivity index is 0.000000134. The predicted molar refractivity (Wildman–Crippen MR) is 326 cm³/mol. The quantitative estimate of drug-likeness (QED) is 0.142. The smallest absolute Gasteiger partial charge is 0.0639 e. The highest BCUT2D eigenvalue weighted by molar-refractivity contribution is 5.91. The highest BCUT2D eigenvalue weighted by Crippen LogP contribution is 2.58. The van der Waals surface area contributed by atoms with Crippen LogP contribution in [0, 0.1) is 27.7 Å². The molecule has 0 N–H and O–H groups in total. The molecular formula is C75H74. The second-order valence-corrected chi connectivity index (χ2v) is 20.7. The minimum atomic E-state index is -0.0906. The maximum Gasteiger partial charge on any atom is 0.0639 e. The van der Waals surface area contributed by atoms with Crippen molar-refractivity contribution in [1.29, 1.82) is 0 Å². The molecule has 0 saturated heterocycles. The average Bonchev–Trinajstić information content (AvgIpc) is 3.77. The van der Waals surface area contributed by atoms with E-state index in [2.05, 4.69) is 291 Å². The van der Waals surface area contributed by atoms with Gasteiger partial charge in [-0.1, -0.05) is 274 Å². The third-order valence-electron chi connectivity index (χ3n) is 15.6. The third-order valence-corrected chi connectivity index (χ3v) is 15.6. The maximum atomic E-state index is 2.49. The van der Waals surface area contributed by atoms with E-state index in [-0.39, 0.29) is 5.41 Å². The van der Waals surface area contributed by atoms with E-state index < -0.39 is 0 Å². The summed E-state index contributed by atoms with van der Waals surface area (Å²) in [5.74, 6) is 0.709. The third kappa shape index (κ3) is 11.8. The van der Waals surface area contributed by atoms with E-state index in [0.717, 1.165) is 32.1 Å². The number of aryl methyl sites for hydroxylation is 5. The first-order chi connectivity index (χ1) is 36.7. The molecule has 0 bridgehead atoms. The van der Waals surface area contributed by atoms with Crippen LogP contribution in [0.15, 0.2) is 254 Å². The summed E-state index contributed by atoms with van der Waals surface area (Å²) in [6, 6.07) is 76.9. The zero-order chi connectivity index (χ0) is 52.2. The van der Waals surface area contributed by atoms with E-state index in [1.807, 2.05) is 0 Å². The van der Waals surface area contributed by atoms with Crippen LogP contribution < -0.4 is 0 Å². The molecule has 3 aliphatic rings. The van der Waals surface area contributed by atoms with E-state index in [1.54, 1.807) is 11.1 Å². The van der Waals surface area contributed by atoms with Crippen LogP contribution in [0.25, 0.3) is 49.7 Å². The molecule has 374 valence electrons. The summed E-state index contributed by atoms with van der Waals surface area (Å²) < 4.78 is 0. The van der Waals surface area contributed by atoms with E-state index in [1.165, 1.54) is 106 Å². The van der Waals surface area contributed by atoms with Crippen molar-refractivity contribution < 1.29 is 0 Å². The Kier molecular flexibility index (Phi) is 17.0. The molecule has 0 heterocycles. The summed E-state index contributed by atoms with van der Waals surface area (Å²) in [5.41, 5.74) is 24.7. The standard InChI is InChI=1S/C27H26.C27H24.C11H10.C10H14/c1-2-20-17-18-24-23-15-9-10-16-25(23)27(26(24)19-20,21-11-5-3-6-12-21)22-13-7-4-8-14-22;1-19-11-13-22(14-12-19)23-8-6-9-24(18-23)25-15-16-27(21(3)17-25)26-10-5-4-7-20(26)2;1-9-6-7-10-4-2-3-5-11(10)8-9;1-3-9(2)10-7-5-4-6-8-10/h3-7,9,11-13,15,17-19H,2,8,10,14,16H2,1H3;4-18H,1-3H3;2-8H,1H3;4-9H,3H2,1-2H3. The minimum absolute atomic E-state index is 0.0906. The molecule has 9 aromatic rings. The molecule has 0 radical (unpaired) electrons. The molecule has 0 fully saturated rings. The molecule has 0 saturated carbocycles. The van der Waals surface area contributed by atoms with Gasteiger partial charge in [-0.15, -0.1) is 0 Å². The van der Waals surface area contributed by atoms with Gasteiger partial charge in [0.15, 0.2) is 0 Å². The predicted octanol–water partition coefficient (Wildman–Crippen LogP) is 20.9. The summed E-state index contributed by atoms with van der Waals surface area (Å²) in [7, 11) is 0. The summed E-state index contributed by atoms with van der Waals surface area (Å²) in [5, 5.41) is 2.64. The molecule has 2 atom stereocenters. The lowest BCUT2D eigenvalue weighted by atomic mass is 9.63. The monoisotopic (exact) mass is 975 g/mol. The molecule has 2 unspecified atom stereocenters. The molecule has 0 aromatic heterocycles. The van der Waals surface area contributed by atoms with Gasteiger partial charge in [-0.25, -0.2) is 0 Å². The van der Waals surface area contributed by atoms with Crippen LogP contribution in [0.4, 0.5) is 0 Å². The lowest BCUT2D eigenvalue weighted by molar-refractivity contribution is 0.644. The zero-order valence-electron chi connectivity index (χ0n) is 45.4. The van der Waals surface area contributed by atoms with Crippen molar-refractivity contribution in [1.82, 2.24) is 0 Å². The van der Waals surface area contributed by atoms with Crippen molar-refractivity contribution in [2.45, 2.75) is 98.3 Å². The highest BCUT2D eigenvalue weighted by Gasteiger charge is 2.48. The Labute approximate surface area is 449 Å². The number of allylic oxidation sites excluding steroid dienone is 8. The molecule has 0 nitrogen and oxygen atoms in total. The van der Waals surface area contributed by atoms with Gasteiger partial charge in [-0.05, 0) is 172 Å². The fraction of sp³-hybridized carbons (Fsp3) is 0.200. The van der Waals surface area contributed by atoms with Gasteiger partial charge in [-0.3, -0.25) is 0 Å². The molecular weight excluding hydrogens is 901 g/mol. The number of benzene rings is 9. The van der Waals surface area contributed by atoms with Crippen LogP contribution in [0.1, 0.15) is 109 Å². The lowest BCUT2D eigenvalue weighted by Crippen LogP contribution is -2.32. The molecule has 0 aliphatic heterocycles. The van der Waals surface area contributed by atoms with Crippen LogP contribution in [-0.2, 0) is 11.8 Å². The summed E-state index contributed by atoms with van der Waals surface area (Å²) >= 11 is 0. The van der Waals surface area contributed by atoms with Crippen molar-refractivity contribution in [2.75, 3.05) is 0 Å². The average molecular weight is 975 g/mol. The fourth-order valence-electron chi connectivity index (χ4n) is 11.3. The van der Waals surface area contributed by atoms with Crippen molar-refractivity contribution in [3.05, 3.63) is 304 Å². The second kappa shape index (κ2) is 24.5. The van der Waals surface area contributed by atoms with Gasteiger partial charge in [0.05, 0.1) is 5.41 Å². The normalized spacial score (nSPS) is 15.5. The van der Waals surface area contributed by atoms with Crippen molar-refractivity contribution >= 4 is 16.3 Å². The molecule has 0 heteroatoms. The van der Waals surface area contributed by atoms with Gasteiger partial charge in [0, 0.05) is 0 Å². The first kappa shape index (κ1) is 52.1. The Morgan fingerprint density at radius 2 is 1.09 bits per heavy atom. The van der Waals surface area contributed by atoms with Crippen LogP contribution in [-0.4, -0.2) is 0 Å². The Hall–Kier alpha value is -7.80. The van der Waals surface area contributed by atoms with Gasteiger partial charge in [0.2, 0.25) is 0 Å². The van der Waals surface area contributed by atoms with E-state index >= 15 is 0 Å². The zero-order valence-corrected chi connectivity index (χ0v) is 45.4. The molecule has 0 amide bonds. The molecule has 3 aliphatic carbocycles. The second-order valence-electron chi connectivity index (χ2n) is 20.7. The van der Waals surface area contributed by atoms with Crippen molar-refractivity contribution in [3.8, 4) is 33.4 Å². The largest absolute Gasteiger partial charge is 0.0842 e. The van der Waals surface area contributed by atoms with Gasteiger partial charge in [0.25, 0.3) is 0 Å². The van der Waals surface area contributed by atoms with Crippen molar-refractivity contribution in [3.63, 3.8) is 0 Å². The highest BCUT2D eigenvalue weighted by atomic mass is 14.5. The molecule has 9 aromatic carbocycles. The summed E-state index contributed by atoms with van der Waals surface area (Å²) in [6.45, 7) is 15.4. The van der Waals surface area contributed by atoms with Gasteiger partial charge >= 0.3 is 0 Å². The van der Waals surface area contributed by atoms with Gasteiger partial charge < -0.3 is 0 Å². The number of rotatable bonds is 8. The molecule has 75 heavy (non-hydrogen) atoms. The fourth-order valence-corrected chi connectivity index (χ4v) is 11.3. The lowest BCUT2D eigenvalue weighted by Gasteiger charge is -2.39. The maximum absolute atomic E-state index is 2.49. The number of hydrogen-bond acceptors (Lipinski definition) is 0. The summed E-state index contributed by atoms with van der Waals surface area (Å²) in [4.78, 5) is 0. The Bertz CT molecular complexity index is 3490. The Morgan fingerprint density at radius 1 is 0.467 bits per heavy atom. The van der Waals surface area contributed by atoms with E-state index in [0.29, 0.717) is 5.92 Å². The molecule has 0 spiro atoms. The van der Waals surface area contributed by atoms with E-state index in [9.17, 15) is 0 Å². The van der Waals surface area contributed by atoms with Crippen LogP contribution in [0.2, 0.25) is 0 Å². The van der Waals surface area contributed by atoms with E-state index in [4.69, 9.17) is 0 Å². The molecule has 12 rings (SSSR count). The minimum Gasteiger partial charge on any atom is -0.0842 e. The summed E-state index contributed by atoms with van der Waals surface area (Å²) in [6.07, 6.45) is 18.6. The number of fused-ring (bicyclic) bond motifs is 3. The van der Waals surface area contributed by atoms with Crippen LogP contribution in [0.5, 0.6) is 0 Å². The van der Waals surface area contributed by atoms with Gasteiger partial charge in [-0.2, -0.15) is 0 Å². The van der Waals surface area contributed by atoms with Gasteiger partial charge in [0.1, 0.15) is 0 Å². The van der Waals surface area contributed by atoms with Crippen LogP contribution in [0.3, 0.4) is 0 Å². The first-order valence-electron chi connectivity index (χ1n) is 27.5. The first-order valence-corrected chi connectivity index (χ1v) is 27.5. The van der Waals surface area contributed by atoms with Crippen molar-refractivity contribution in [2.24, 2.45) is 0 Å². The SMILES string of the molecule is CCC(C)c1ccccc1.CCc1ccc2c(c1)C(C1=CC=CCC1)(c1ccccc1)C1=C2C=CCC1.Cc1ccc(-c2cccc(-c3ccc(-c4ccccc4C)c(C)c3)c2)cc1.Cc1ccc2ccccc2c1.